The first kappa shape index (κ1) is 15.9. The maximum Gasteiger partial charge on any atom is 0.256 e. The Hall–Kier alpha value is -1.51. The predicted molar refractivity (Wildman–Crippen MR) is 82.8 cm³/mol. The predicted octanol–water partition coefficient (Wildman–Crippen LogP) is 2.14. The first-order valence-electron chi connectivity index (χ1n) is 6.87. The summed E-state index contributed by atoms with van der Waals surface area (Å²) in [6.45, 7) is -0.0118. The first-order chi connectivity index (χ1) is 10.1. The smallest absolute Gasteiger partial charge is 0.256 e. The lowest BCUT2D eigenvalue weighted by atomic mass is 10.1. The number of nitrogens with zero attached hydrogens (tertiary/aromatic N) is 1. The molecule has 1 aliphatic rings. The highest BCUT2D eigenvalue weighted by atomic mass is 32.2. The van der Waals surface area contributed by atoms with E-state index in [1.807, 2.05) is 11.8 Å². The van der Waals surface area contributed by atoms with Crippen LogP contribution in [0, 0.1) is 17.7 Å². The zero-order valence-corrected chi connectivity index (χ0v) is 12.8. The molecule has 5 heteroatoms. The number of halogens is 1. The summed E-state index contributed by atoms with van der Waals surface area (Å²) in [4.78, 5) is 14.1. The maximum absolute atomic E-state index is 13.9. The van der Waals surface area contributed by atoms with Crippen molar-refractivity contribution in [1.82, 2.24) is 4.90 Å². The normalized spacial score (nSPS) is 17.2. The molecule has 0 aliphatic carbocycles. The molecule has 0 radical (unpaired) electrons. The van der Waals surface area contributed by atoms with Gasteiger partial charge in [0.15, 0.2) is 0 Å². The highest BCUT2D eigenvalue weighted by Gasteiger charge is 2.26. The van der Waals surface area contributed by atoms with Crippen LogP contribution in [0.4, 0.5) is 4.39 Å². The van der Waals surface area contributed by atoms with Crippen molar-refractivity contribution < 1.29 is 14.3 Å². The molecule has 3 nitrogen and oxygen atoms in total. The molecule has 1 aromatic rings. The highest BCUT2D eigenvalue weighted by Crippen LogP contribution is 2.23. The summed E-state index contributed by atoms with van der Waals surface area (Å²) in [5, 5.41) is 8.70. The molecule has 1 atom stereocenters. The Balaban J connectivity index is 2.19. The second-order valence-corrected chi connectivity index (χ2v) is 6.05. The van der Waals surface area contributed by atoms with Crippen LogP contribution in [-0.2, 0) is 0 Å². The summed E-state index contributed by atoms with van der Waals surface area (Å²) in [6.07, 6.45) is 1.31. The average Bonchev–Trinajstić information content (AvgIpc) is 3.02. The molecule has 2 rings (SSSR count). The summed E-state index contributed by atoms with van der Waals surface area (Å²) < 4.78 is 13.9. The van der Waals surface area contributed by atoms with Gasteiger partial charge in [-0.15, -0.1) is 0 Å². The van der Waals surface area contributed by atoms with Gasteiger partial charge < -0.3 is 10.0 Å². The molecule has 1 aromatic carbocycles. The van der Waals surface area contributed by atoms with Crippen LogP contribution in [0.1, 0.15) is 28.8 Å². The van der Waals surface area contributed by atoms with E-state index in [0.29, 0.717) is 12.0 Å². The summed E-state index contributed by atoms with van der Waals surface area (Å²) in [5.41, 5.74) is 0.646. The molecule has 1 N–H and O–H groups in total. The molecular weight excluding hydrogens is 289 g/mol. The van der Waals surface area contributed by atoms with Gasteiger partial charge in [0, 0.05) is 30.8 Å². The van der Waals surface area contributed by atoms with Crippen molar-refractivity contribution in [3.8, 4) is 11.8 Å². The molecule has 1 amide bonds. The molecule has 1 fully saturated rings. The molecule has 0 bridgehead atoms. The Morgan fingerprint density at radius 3 is 3.05 bits per heavy atom. The molecule has 0 aromatic heterocycles. The minimum atomic E-state index is -0.523. The van der Waals surface area contributed by atoms with Gasteiger partial charge >= 0.3 is 0 Å². The minimum absolute atomic E-state index is 0.0118. The SMILES string of the molecule is CN(C(=O)c1cc(C#CCCO)ccc1F)C1CCSC1. The van der Waals surface area contributed by atoms with Crippen LogP contribution >= 0.6 is 11.8 Å². The summed E-state index contributed by atoms with van der Waals surface area (Å²) in [5.74, 6) is 6.71. The largest absolute Gasteiger partial charge is 0.395 e. The van der Waals surface area contributed by atoms with E-state index in [2.05, 4.69) is 11.8 Å². The lowest BCUT2D eigenvalue weighted by molar-refractivity contribution is 0.0743. The van der Waals surface area contributed by atoms with Gasteiger partial charge in [0.05, 0.1) is 12.2 Å². The Morgan fingerprint density at radius 2 is 2.38 bits per heavy atom. The van der Waals surface area contributed by atoms with E-state index >= 15 is 0 Å². The molecule has 0 spiro atoms. The standard InChI is InChI=1S/C16H18FNO2S/c1-18(13-7-9-21-11-13)16(20)14-10-12(4-2-3-8-19)5-6-15(14)17/h5-6,10,13,19H,3,7-9,11H2,1H3. The number of benzene rings is 1. The van der Waals surface area contributed by atoms with Crippen molar-refractivity contribution in [2.75, 3.05) is 25.2 Å². The zero-order valence-electron chi connectivity index (χ0n) is 11.9. The quantitative estimate of drug-likeness (QED) is 0.870. The number of hydrogen-bond acceptors (Lipinski definition) is 3. The van der Waals surface area contributed by atoms with Gasteiger partial charge in [0.1, 0.15) is 5.82 Å². The van der Waals surface area contributed by atoms with Crippen LogP contribution in [0.3, 0.4) is 0 Å². The van der Waals surface area contributed by atoms with E-state index in [0.717, 1.165) is 17.9 Å². The van der Waals surface area contributed by atoms with Crippen LogP contribution in [0.2, 0.25) is 0 Å². The second-order valence-electron chi connectivity index (χ2n) is 4.90. The fourth-order valence-electron chi connectivity index (χ4n) is 2.17. The van der Waals surface area contributed by atoms with Gasteiger partial charge in [-0.25, -0.2) is 4.39 Å². The molecule has 0 saturated carbocycles. The number of carbonyl (C=O) groups excluding carboxylic acids is 1. The fraction of sp³-hybridized carbons (Fsp3) is 0.438. The Kier molecular flexibility index (Phi) is 5.66. The summed E-state index contributed by atoms with van der Waals surface area (Å²) >= 11 is 1.81. The zero-order chi connectivity index (χ0) is 15.2. The van der Waals surface area contributed by atoms with E-state index < -0.39 is 5.82 Å². The van der Waals surface area contributed by atoms with Crippen molar-refractivity contribution in [3.63, 3.8) is 0 Å². The topological polar surface area (TPSA) is 40.5 Å². The van der Waals surface area contributed by atoms with Crippen LogP contribution in [-0.4, -0.2) is 47.1 Å². The van der Waals surface area contributed by atoms with Gasteiger partial charge in [-0.2, -0.15) is 11.8 Å². The number of aliphatic hydroxyl groups is 1. The van der Waals surface area contributed by atoms with E-state index in [4.69, 9.17) is 5.11 Å². The van der Waals surface area contributed by atoms with Crippen LogP contribution in [0.25, 0.3) is 0 Å². The third kappa shape index (κ3) is 3.99. The number of hydrogen-bond donors (Lipinski definition) is 1. The summed E-state index contributed by atoms with van der Waals surface area (Å²) in [7, 11) is 1.72. The second kappa shape index (κ2) is 7.48. The monoisotopic (exact) mass is 307 g/mol. The van der Waals surface area contributed by atoms with E-state index in [-0.39, 0.29) is 24.1 Å². The van der Waals surface area contributed by atoms with Crippen molar-refractivity contribution in [2.45, 2.75) is 18.9 Å². The van der Waals surface area contributed by atoms with Gasteiger partial charge in [-0.05, 0) is 30.4 Å². The van der Waals surface area contributed by atoms with E-state index in [1.165, 1.54) is 12.1 Å². The lowest BCUT2D eigenvalue weighted by Gasteiger charge is -2.24. The van der Waals surface area contributed by atoms with Crippen LogP contribution in [0.5, 0.6) is 0 Å². The molecule has 112 valence electrons. The molecule has 1 unspecified atom stereocenters. The van der Waals surface area contributed by atoms with Crippen molar-refractivity contribution in [3.05, 3.63) is 35.1 Å². The van der Waals surface area contributed by atoms with E-state index in [9.17, 15) is 9.18 Å². The third-order valence-electron chi connectivity index (χ3n) is 3.44. The van der Waals surface area contributed by atoms with Crippen molar-refractivity contribution >= 4 is 17.7 Å². The van der Waals surface area contributed by atoms with Crippen LogP contribution < -0.4 is 0 Å². The van der Waals surface area contributed by atoms with Gasteiger partial charge in [-0.3, -0.25) is 4.79 Å². The van der Waals surface area contributed by atoms with Crippen molar-refractivity contribution in [1.29, 1.82) is 0 Å². The molecule has 21 heavy (non-hydrogen) atoms. The Labute approximate surface area is 128 Å². The number of carbonyl (C=O) groups is 1. The van der Waals surface area contributed by atoms with Gasteiger partial charge in [0.2, 0.25) is 0 Å². The Morgan fingerprint density at radius 1 is 1.57 bits per heavy atom. The molecule has 1 saturated heterocycles. The number of amides is 1. The number of rotatable bonds is 3. The summed E-state index contributed by atoms with van der Waals surface area (Å²) in [6, 6.07) is 4.47. The third-order valence-corrected chi connectivity index (χ3v) is 4.58. The molecular formula is C16H18FNO2S. The number of aliphatic hydroxyl groups excluding tert-OH is 1. The van der Waals surface area contributed by atoms with Crippen LogP contribution in [0.15, 0.2) is 18.2 Å². The first-order valence-corrected chi connectivity index (χ1v) is 8.03. The highest BCUT2D eigenvalue weighted by molar-refractivity contribution is 7.99. The van der Waals surface area contributed by atoms with Gasteiger partial charge in [-0.1, -0.05) is 11.8 Å². The molecule has 1 heterocycles. The maximum atomic E-state index is 13.9. The molecule has 1 aliphatic heterocycles. The minimum Gasteiger partial charge on any atom is -0.395 e. The lowest BCUT2D eigenvalue weighted by Crippen LogP contribution is -2.37. The average molecular weight is 307 g/mol. The number of thioether (sulfide) groups is 1. The Bertz CT molecular complexity index is 573. The fourth-order valence-corrected chi connectivity index (χ4v) is 3.44. The van der Waals surface area contributed by atoms with E-state index in [1.54, 1.807) is 18.0 Å². The van der Waals surface area contributed by atoms with Gasteiger partial charge in [0.25, 0.3) is 5.91 Å². The van der Waals surface area contributed by atoms with Crippen molar-refractivity contribution in [2.24, 2.45) is 0 Å².